The van der Waals surface area contributed by atoms with Crippen LogP contribution < -0.4 is 14.8 Å². The number of imidazole rings is 1. The number of anilines is 1. The number of fused-ring (bicyclic) bond motifs is 1. The second-order valence-electron chi connectivity index (χ2n) is 5.26. The highest BCUT2D eigenvalue weighted by atomic mass is 19.3. The lowest BCUT2D eigenvalue weighted by atomic mass is 10.2. The number of nitrogens with one attached hydrogen (secondary N) is 1. The van der Waals surface area contributed by atoms with Gasteiger partial charge < -0.3 is 19.2 Å². The molecule has 0 unspecified atom stereocenters. The van der Waals surface area contributed by atoms with Crippen LogP contribution in [0.15, 0.2) is 42.7 Å². The molecule has 0 atom stereocenters. The molecule has 1 aromatic carbocycles. The Balaban J connectivity index is 1.81. The highest BCUT2D eigenvalue weighted by Crippen LogP contribution is 2.29. The molecule has 130 valence electrons. The third-order valence-corrected chi connectivity index (χ3v) is 3.47. The first kappa shape index (κ1) is 16.7. The zero-order valence-corrected chi connectivity index (χ0v) is 13.5. The minimum absolute atomic E-state index is 0.0497. The molecule has 1 N–H and O–H groups in total. The topological polar surface area (TPSA) is 64.9 Å². The van der Waals surface area contributed by atoms with Crippen LogP contribution in [-0.2, 0) is 0 Å². The number of hydrogen-bond acceptors (Lipinski definition) is 4. The summed E-state index contributed by atoms with van der Waals surface area (Å²) < 4.78 is 35.8. The van der Waals surface area contributed by atoms with E-state index in [4.69, 9.17) is 4.74 Å². The van der Waals surface area contributed by atoms with Crippen LogP contribution in [0.5, 0.6) is 11.5 Å². The maximum Gasteiger partial charge on any atom is 0.387 e. The van der Waals surface area contributed by atoms with Crippen molar-refractivity contribution in [2.75, 3.05) is 12.4 Å². The summed E-state index contributed by atoms with van der Waals surface area (Å²) >= 11 is 0. The second kappa shape index (κ2) is 6.76. The summed E-state index contributed by atoms with van der Waals surface area (Å²) in [5.74, 6) is -0.490. The molecule has 0 spiro atoms. The van der Waals surface area contributed by atoms with E-state index in [0.717, 1.165) is 11.3 Å². The van der Waals surface area contributed by atoms with Crippen molar-refractivity contribution in [3.8, 4) is 11.5 Å². The monoisotopic (exact) mass is 347 g/mol. The van der Waals surface area contributed by atoms with E-state index in [9.17, 15) is 13.6 Å². The number of aryl methyl sites for hydroxylation is 1. The Morgan fingerprint density at radius 1 is 1.20 bits per heavy atom. The smallest absolute Gasteiger partial charge is 0.387 e. The van der Waals surface area contributed by atoms with Crippen molar-refractivity contribution in [2.45, 2.75) is 13.5 Å². The number of ether oxygens (including phenoxy) is 2. The normalized spacial score (nSPS) is 10.9. The fourth-order valence-electron chi connectivity index (χ4n) is 2.40. The van der Waals surface area contributed by atoms with Crippen molar-refractivity contribution in [2.24, 2.45) is 0 Å². The number of benzene rings is 1. The Morgan fingerprint density at radius 2 is 2.00 bits per heavy atom. The Morgan fingerprint density at radius 3 is 2.72 bits per heavy atom. The molecule has 3 aromatic rings. The summed E-state index contributed by atoms with van der Waals surface area (Å²) in [6.07, 6.45) is 3.57. The highest BCUT2D eigenvalue weighted by Gasteiger charge is 2.14. The Labute approximate surface area is 142 Å². The first-order valence-electron chi connectivity index (χ1n) is 7.36. The van der Waals surface area contributed by atoms with E-state index in [0.29, 0.717) is 5.69 Å². The van der Waals surface area contributed by atoms with Crippen LogP contribution in [0, 0.1) is 6.92 Å². The molecule has 0 aliphatic rings. The number of hydrogen-bond donors (Lipinski definition) is 1. The van der Waals surface area contributed by atoms with E-state index < -0.39 is 12.5 Å². The average molecular weight is 347 g/mol. The van der Waals surface area contributed by atoms with Gasteiger partial charge in [0, 0.05) is 18.0 Å². The Kier molecular flexibility index (Phi) is 4.51. The van der Waals surface area contributed by atoms with Crippen molar-refractivity contribution >= 4 is 17.2 Å². The van der Waals surface area contributed by atoms with E-state index in [1.54, 1.807) is 22.7 Å². The number of carbonyl (C=O) groups is 1. The van der Waals surface area contributed by atoms with Gasteiger partial charge >= 0.3 is 6.61 Å². The van der Waals surface area contributed by atoms with E-state index in [2.05, 4.69) is 15.0 Å². The minimum atomic E-state index is -2.97. The molecule has 6 nitrogen and oxygen atoms in total. The number of halogens is 2. The lowest BCUT2D eigenvalue weighted by Gasteiger charge is -2.11. The molecule has 0 aliphatic heterocycles. The van der Waals surface area contributed by atoms with Crippen molar-refractivity contribution in [1.29, 1.82) is 0 Å². The van der Waals surface area contributed by atoms with Gasteiger partial charge in [-0.1, -0.05) is 0 Å². The molecule has 0 saturated heterocycles. The molecular weight excluding hydrogens is 332 g/mol. The molecule has 0 fully saturated rings. The van der Waals surface area contributed by atoms with Gasteiger partial charge in [0.05, 0.1) is 18.5 Å². The molecule has 2 aromatic heterocycles. The molecule has 0 saturated carbocycles. The number of carbonyl (C=O) groups excluding carboxylic acids is 1. The van der Waals surface area contributed by atoms with E-state index in [-0.39, 0.29) is 17.1 Å². The van der Waals surface area contributed by atoms with Gasteiger partial charge in [-0.3, -0.25) is 4.79 Å². The van der Waals surface area contributed by atoms with Gasteiger partial charge in [0.15, 0.2) is 11.5 Å². The number of aromatic nitrogens is 2. The second-order valence-corrected chi connectivity index (χ2v) is 5.26. The zero-order chi connectivity index (χ0) is 18.0. The molecular formula is C17H15F2N3O3. The predicted octanol–water partition coefficient (Wildman–Crippen LogP) is 3.51. The molecule has 0 aliphatic carbocycles. The number of methoxy groups -OCH3 is 1. The summed E-state index contributed by atoms with van der Waals surface area (Å²) in [7, 11) is 1.31. The van der Waals surface area contributed by atoms with Gasteiger partial charge in [-0.15, -0.1) is 0 Å². The van der Waals surface area contributed by atoms with Crippen LogP contribution in [0.4, 0.5) is 14.5 Å². The fraction of sp³-hybridized carbons (Fsp3) is 0.176. The van der Waals surface area contributed by atoms with Gasteiger partial charge in [0.2, 0.25) is 0 Å². The van der Waals surface area contributed by atoms with E-state index in [1.807, 2.05) is 13.1 Å². The van der Waals surface area contributed by atoms with E-state index in [1.165, 1.54) is 25.3 Å². The predicted molar refractivity (Wildman–Crippen MR) is 87.5 cm³/mol. The summed E-state index contributed by atoms with van der Waals surface area (Å²) in [6, 6.07) is 7.50. The Bertz CT molecular complexity index is 925. The third kappa shape index (κ3) is 3.68. The van der Waals surface area contributed by atoms with Crippen LogP contribution in [0.3, 0.4) is 0 Å². The summed E-state index contributed by atoms with van der Waals surface area (Å²) in [5.41, 5.74) is 2.45. The molecule has 0 bridgehead atoms. The zero-order valence-electron chi connectivity index (χ0n) is 13.5. The fourth-order valence-corrected chi connectivity index (χ4v) is 2.40. The molecule has 2 heterocycles. The number of rotatable bonds is 5. The summed E-state index contributed by atoms with van der Waals surface area (Å²) in [6.45, 7) is -1.10. The van der Waals surface area contributed by atoms with Crippen LogP contribution >= 0.6 is 0 Å². The van der Waals surface area contributed by atoms with Gasteiger partial charge in [0.25, 0.3) is 5.91 Å². The lowest BCUT2D eigenvalue weighted by molar-refractivity contribution is -0.0512. The van der Waals surface area contributed by atoms with Crippen LogP contribution in [0.1, 0.15) is 16.1 Å². The summed E-state index contributed by atoms with van der Waals surface area (Å²) in [5, 5.41) is 2.74. The largest absolute Gasteiger partial charge is 0.493 e. The van der Waals surface area contributed by atoms with Crippen molar-refractivity contribution in [1.82, 2.24) is 9.38 Å². The molecule has 25 heavy (non-hydrogen) atoms. The van der Waals surface area contributed by atoms with Gasteiger partial charge in [-0.2, -0.15) is 8.78 Å². The average Bonchev–Trinajstić information content (AvgIpc) is 2.94. The molecule has 3 rings (SSSR count). The molecule has 0 radical (unpaired) electrons. The van der Waals surface area contributed by atoms with Crippen LogP contribution in [-0.4, -0.2) is 29.0 Å². The first-order chi connectivity index (χ1) is 12.0. The van der Waals surface area contributed by atoms with Crippen LogP contribution in [0.2, 0.25) is 0 Å². The Hall–Kier alpha value is -3.16. The number of pyridine rings is 1. The van der Waals surface area contributed by atoms with Crippen molar-refractivity contribution < 1.29 is 23.0 Å². The number of alkyl halides is 2. The quantitative estimate of drug-likeness (QED) is 0.767. The minimum Gasteiger partial charge on any atom is -0.493 e. The maximum absolute atomic E-state index is 12.4. The number of amides is 1. The lowest BCUT2D eigenvalue weighted by Crippen LogP contribution is -2.13. The van der Waals surface area contributed by atoms with Gasteiger partial charge in [-0.25, -0.2) is 4.98 Å². The number of nitrogens with zero attached hydrogens (tertiary/aromatic N) is 2. The maximum atomic E-state index is 12.4. The van der Waals surface area contributed by atoms with Gasteiger partial charge in [-0.05, 0) is 37.3 Å². The third-order valence-electron chi connectivity index (χ3n) is 3.47. The SMILES string of the molecule is COc1cc(C(=O)Nc2ccc3nc(C)cn3c2)ccc1OC(F)F. The highest BCUT2D eigenvalue weighted by molar-refractivity contribution is 6.04. The molecule has 8 heteroatoms. The van der Waals surface area contributed by atoms with Crippen molar-refractivity contribution in [3.05, 3.63) is 54.0 Å². The van der Waals surface area contributed by atoms with Crippen LogP contribution in [0.25, 0.3) is 5.65 Å². The van der Waals surface area contributed by atoms with Crippen molar-refractivity contribution in [3.63, 3.8) is 0 Å². The summed E-state index contributed by atoms with van der Waals surface area (Å²) in [4.78, 5) is 16.7. The standard InChI is InChI=1S/C17H15F2N3O3/c1-10-8-22-9-12(4-6-15(22)20-10)21-16(23)11-3-5-13(25-17(18)19)14(7-11)24-2/h3-9,17H,1-2H3,(H,21,23). The van der Waals surface area contributed by atoms with Gasteiger partial charge in [0.1, 0.15) is 5.65 Å². The molecule has 1 amide bonds. The first-order valence-corrected chi connectivity index (χ1v) is 7.36. The van der Waals surface area contributed by atoms with E-state index >= 15 is 0 Å².